The van der Waals surface area contributed by atoms with E-state index in [4.69, 9.17) is 0 Å². The van der Waals surface area contributed by atoms with Crippen molar-refractivity contribution in [1.82, 2.24) is 20.4 Å². The van der Waals surface area contributed by atoms with E-state index in [1.807, 2.05) is 24.3 Å². The van der Waals surface area contributed by atoms with Crippen LogP contribution in [0.1, 0.15) is 39.4 Å². The smallest absolute Gasteiger partial charge is 0.262 e. The van der Waals surface area contributed by atoms with Gasteiger partial charge in [0.05, 0.1) is 15.8 Å². The van der Waals surface area contributed by atoms with Crippen LogP contribution < -0.4 is 15.5 Å². The maximum Gasteiger partial charge on any atom is 0.262 e. The SMILES string of the molecule is CN1CCN(c2ccc(C(=O)Nc3n[nH]c4sc(C(=O)NC(C)(C)c5ccccc5F)cc34)cc2)CC1. The first-order chi connectivity index (χ1) is 17.7. The highest BCUT2D eigenvalue weighted by atomic mass is 32.1. The maximum atomic E-state index is 14.3. The Morgan fingerprint density at radius 1 is 1.03 bits per heavy atom. The second kappa shape index (κ2) is 9.95. The number of rotatable bonds is 6. The number of nitrogens with one attached hydrogen (secondary N) is 3. The van der Waals surface area contributed by atoms with Gasteiger partial charge in [0.1, 0.15) is 10.6 Å². The predicted octanol–water partition coefficient (Wildman–Crippen LogP) is 4.43. The van der Waals surface area contributed by atoms with Crippen LogP contribution >= 0.6 is 11.3 Å². The van der Waals surface area contributed by atoms with Gasteiger partial charge in [-0.05, 0) is 57.3 Å². The van der Waals surface area contributed by atoms with Gasteiger partial charge in [-0.15, -0.1) is 11.3 Å². The lowest BCUT2D eigenvalue weighted by atomic mass is 9.93. The average Bonchev–Trinajstić information content (AvgIpc) is 3.47. The van der Waals surface area contributed by atoms with Crippen molar-refractivity contribution in [3.8, 4) is 0 Å². The number of benzene rings is 2. The van der Waals surface area contributed by atoms with Crippen LogP contribution in [0, 0.1) is 5.82 Å². The zero-order valence-corrected chi connectivity index (χ0v) is 21.8. The summed E-state index contributed by atoms with van der Waals surface area (Å²) in [7, 11) is 2.12. The van der Waals surface area contributed by atoms with Crippen molar-refractivity contribution in [3.63, 3.8) is 0 Å². The van der Waals surface area contributed by atoms with Gasteiger partial charge in [-0.25, -0.2) is 4.39 Å². The van der Waals surface area contributed by atoms with E-state index >= 15 is 0 Å². The third kappa shape index (κ3) is 5.21. The number of nitrogens with zero attached hydrogens (tertiary/aromatic N) is 3. The van der Waals surface area contributed by atoms with Crippen molar-refractivity contribution < 1.29 is 14.0 Å². The van der Waals surface area contributed by atoms with E-state index in [1.54, 1.807) is 38.1 Å². The lowest BCUT2D eigenvalue weighted by Gasteiger charge is -2.34. The standard InChI is InChI=1S/C27H29FN6O2S/c1-27(2,20-6-4-5-7-21(20)28)30-25(36)22-16-19-23(31-32-26(19)37-22)29-24(35)17-8-10-18(11-9-17)34-14-12-33(3)13-15-34/h4-11,16H,12-15H2,1-3H3,(H,30,36)(H2,29,31,32,35). The minimum atomic E-state index is -0.911. The summed E-state index contributed by atoms with van der Waals surface area (Å²) in [5.74, 6) is -0.639. The molecule has 192 valence electrons. The Morgan fingerprint density at radius 2 is 1.73 bits per heavy atom. The number of anilines is 2. The van der Waals surface area contributed by atoms with Gasteiger partial charge in [-0.2, -0.15) is 5.10 Å². The number of amides is 2. The maximum absolute atomic E-state index is 14.3. The molecule has 10 heteroatoms. The molecule has 1 aliphatic heterocycles. The summed E-state index contributed by atoms with van der Waals surface area (Å²) in [5, 5.41) is 13.5. The molecule has 2 amide bonds. The fraction of sp³-hybridized carbons (Fsp3) is 0.296. The van der Waals surface area contributed by atoms with Gasteiger partial charge in [0, 0.05) is 43.0 Å². The van der Waals surface area contributed by atoms with Crippen molar-refractivity contribution in [3.05, 3.63) is 76.4 Å². The molecule has 2 aromatic carbocycles. The van der Waals surface area contributed by atoms with E-state index < -0.39 is 5.54 Å². The molecule has 4 aromatic rings. The van der Waals surface area contributed by atoms with Gasteiger partial charge >= 0.3 is 0 Å². The number of piperazine rings is 1. The molecule has 0 saturated carbocycles. The van der Waals surface area contributed by atoms with E-state index in [1.165, 1.54) is 17.4 Å². The number of thiophene rings is 1. The molecule has 37 heavy (non-hydrogen) atoms. The van der Waals surface area contributed by atoms with E-state index in [9.17, 15) is 14.0 Å². The minimum Gasteiger partial charge on any atom is -0.369 e. The highest BCUT2D eigenvalue weighted by molar-refractivity contribution is 7.20. The Morgan fingerprint density at radius 3 is 2.43 bits per heavy atom. The monoisotopic (exact) mass is 520 g/mol. The Kier molecular flexibility index (Phi) is 6.70. The van der Waals surface area contributed by atoms with Crippen LogP contribution in [0.4, 0.5) is 15.9 Å². The molecule has 0 atom stereocenters. The Balaban J connectivity index is 1.27. The number of hydrogen-bond acceptors (Lipinski definition) is 6. The van der Waals surface area contributed by atoms with Gasteiger partial charge in [-0.1, -0.05) is 18.2 Å². The third-order valence-electron chi connectivity index (χ3n) is 6.68. The number of aromatic nitrogens is 2. The molecule has 1 saturated heterocycles. The van der Waals surface area contributed by atoms with Gasteiger partial charge in [0.2, 0.25) is 0 Å². The van der Waals surface area contributed by atoms with Crippen LogP contribution in [0.3, 0.4) is 0 Å². The van der Waals surface area contributed by atoms with E-state index in [0.29, 0.717) is 32.0 Å². The van der Waals surface area contributed by atoms with Crippen LogP contribution in [0.5, 0.6) is 0 Å². The van der Waals surface area contributed by atoms with E-state index in [-0.39, 0.29) is 17.6 Å². The Labute approximate surface area is 218 Å². The fourth-order valence-corrected chi connectivity index (χ4v) is 5.37. The summed E-state index contributed by atoms with van der Waals surface area (Å²) < 4.78 is 14.3. The normalized spacial score (nSPS) is 14.6. The number of carbonyl (C=O) groups is 2. The van der Waals surface area contributed by atoms with Crippen molar-refractivity contribution in [1.29, 1.82) is 0 Å². The summed E-state index contributed by atoms with van der Waals surface area (Å²) in [4.78, 5) is 31.6. The Hall–Kier alpha value is -3.76. The summed E-state index contributed by atoms with van der Waals surface area (Å²) in [6.07, 6.45) is 0. The molecule has 1 aliphatic rings. The minimum absolute atomic E-state index is 0.281. The molecule has 0 unspecified atom stereocenters. The molecule has 3 N–H and O–H groups in total. The van der Waals surface area contributed by atoms with Crippen molar-refractivity contribution in [2.45, 2.75) is 19.4 Å². The zero-order chi connectivity index (χ0) is 26.2. The van der Waals surface area contributed by atoms with E-state index in [0.717, 1.165) is 31.9 Å². The lowest BCUT2D eigenvalue weighted by molar-refractivity contribution is 0.0914. The van der Waals surface area contributed by atoms with Gasteiger partial charge in [0.15, 0.2) is 5.82 Å². The number of hydrogen-bond donors (Lipinski definition) is 3. The Bertz CT molecular complexity index is 1440. The summed E-state index contributed by atoms with van der Waals surface area (Å²) in [6.45, 7) is 7.45. The number of fused-ring (bicyclic) bond motifs is 1. The molecule has 0 spiro atoms. The lowest BCUT2D eigenvalue weighted by Crippen LogP contribution is -2.44. The molecule has 0 radical (unpaired) electrons. The first kappa shape index (κ1) is 24.9. The van der Waals surface area contributed by atoms with Crippen LogP contribution in [-0.2, 0) is 5.54 Å². The molecule has 1 fully saturated rings. The van der Waals surface area contributed by atoms with Crippen LogP contribution in [0.25, 0.3) is 10.2 Å². The molecular weight excluding hydrogens is 491 g/mol. The highest BCUT2D eigenvalue weighted by Gasteiger charge is 2.27. The van der Waals surface area contributed by atoms with Gasteiger partial charge in [-0.3, -0.25) is 14.7 Å². The number of H-pyrrole nitrogens is 1. The van der Waals surface area contributed by atoms with Crippen molar-refractivity contribution in [2.75, 3.05) is 43.4 Å². The van der Waals surface area contributed by atoms with Crippen LogP contribution in [-0.4, -0.2) is 60.1 Å². The summed E-state index contributed by atoms with van der Waals surface area (Å²) in [5.41, 5.74) is 1.11. The number of likely N-dealkylation sites (N-methyl/N-ethyl adjacent to an activating group) is 1. The molecule has 3 heterocycles. The first-order valence-electron chi connectivity index (χ1n) is 12.1. The quantitative estimate of drug-likeness (QED) is 0.350. The first-order valence-corrected chi connectivity index (χ1v) is 12.9. The molecule has 8 nitrogen and oxygen atoms in total. The predicted molar refractivity (Wildman–Crippen MR) is 145 cm³/mol. The summed E-state index contributed by atoms with van der Waals surface area (Å²) in [6, 6.07) is 15.6. The number of carbonyl (C=O) groups excluding carboxylic acids is 2. The van der Waals surface area contributed by atoms with Crippen molar-refractivity contribution >= 4 is 44.9 Å². The van der Waals surface area contributed by atoms with Crippen LogP contribution in [0.2, 0.25) is 0 Å². The highest BCUT2D eigenvalue weighted by Crippen LogP contribution is 2.31. The zero-order valence-electron chi connectivity index (χ0n) is 21.0. The average molecular weight is 521 g/mol. The second-order valence-corrected chi connectivity index (χ2v) is 10.8. The van der Waals surface area contributed by atoms with E-state index in [2.05, 4.69) is 37.7 Å². The van der Waals surface area contributed by atoms with Crippen LogP contribution in [0.15, 0.2) is 54.6 Å². The molecule has 0 aliphatic carbocycles. The topological polar surface area (TPSA) is 93.4 Å². The molecule has 2 aromatic heterocycles. The third-order valence-corrected chi connectivity index (χ3v) is 7.72. The number of halogens is 1. The fourth-order valence-electron chi connectivity index (χ4n) is 4.47. The molecular formula is C27H29FN6O2S. The van der Waals surface area contributed by atoms with Crippen molar-refractivity contribution in [2.24, 2.45) is 0 Å². The largest absolute Gasteiger partial charge is 0.369 e. The molecule has 5 rings (SSSR count). The second-order valence-electron chi connectivity index (χ2n) is 9.78. The van der Waals surface area contributed by atoms with Gasteiger partial charge in [0.25, 0.3) is 11.8 Å². The molecule has 0 bridgehead atoms. The number of aromatic amines is 1. The summed E-state index contributed by atoms with van der Waals surface area (Å²) >= 11 is 1.22. The van der Waals surface area contributed by atoms with Gasteiger partial charge < -0.3 is 20.4 Å².